The second kappa shape index (κ2) is 7.80. The molecule has 1 aromatic carbocycles. The molecule has 0 bridgehead atoms. The van der Waals surface area contributed by atoms with Crippen LogP contribution in [0.5, 0.6) is 0 Å². The predicted octanol–water partition coefficient (Wildman–Crippen LogP) is 3.10. The first kappa shape index (κ1) is 15.5. The molecular weight excluding hydrogens is 244 g/mol. The van der Waals surface area contributed by atoms with E-state index in [0.29, 0.717) is 5.92 Å². The average molecular weight is 274 g/mol. The zero-order chi connectivity index (χ0) is 14.4. The van der Waals surface area contributed by atoms with Gasteiger partial charge in [-0.2, -0.15) is 0 Å². The summed E-state index contributed by atoms with van der Waals surface area (Å²) in [5, 5.41) is 0. The summed E-state index contributed by atoms with van der Waals surface area (Å²) in [4.78, 5) is 2.63. The van der Waals surface area contributed by atoms with Crippen molar-refractivity contribution < 1.29 is 0 Å². The van der Waals surface area contributed by atoms with E-state index in [1.165, 1.54) is 45.3 Å². The Bertz CT molecular complexity index is 373. The van der Waals surface area contributed by atoms with Gasteiger partial charge in [0.15, 0.2) is 0 Å². The Kier molecular flexibility index (Phi) is 6.06. The molecule has 2 nitrogen and oxygen atoms in total. The van der Waals surface area contributed by atoms with Gasteiger partial charge in [-0.05, 0) is 61.7 Å². The SMILES string of the molecule is CC(C)CC(CN)CCN1CCc2ccccc2CC1. The van der Waals surface area contributed by atoms with Crippen LogP contribution in [0, 0.1) is 11.8 Å². The molecule has 0 radical (unpaired) electrons. The molecule has 0 saturated carbocycles. The first-order valence-electron chi connectivity index (χ1n) is 8.18. The van der Waals surface area contributed by atoms with E-state index in [2.05, 4.69) is 43.0 Å². The van der Waals surface area contributed by atoms with Gasteiger partial charge in [0.2, 0.25) is 0 Å². The van der Waals surface area contributed by atoms with Gasteiger partial charge in [-0.25, -0.2) is 0 Å². The van der Waals surface area contributed by atoms with E-state index < -0.39 is 0 Å². The van der Waals surface area contributed by atoms with E-state index in [1.807, 2.05) is 0 Å². The molecule has 1 aromatic rings. The fraction of sp³-hybridized carbons (Fsp3) is 0.667. The number of benzene rings is 1. The second-order valence-electron chi connectivity index (χ2n) is 6.63. The van der Waals surface area contributed by atoms with Crippen LogP contribution < -0.4 is 5.73 Å². The third kappa shape index (κ3) is 4.60. The maximum absolute atomic E-state index is 5.92. The Morgan fingerprint density at radius 3 is 2.20 bits per heavy atom. The van der Waals surface area contributed by atoms with Crippen LogP contribution in [0.2, 0.25) is 0 Å². The van der Waals surface area contributed by atoms with Gasteiger partial charge in [0.25, 0.3) is 0 Å². The molecule has 0 spiro atoms. The van der Waals surface area contributed by atoms with Gasteiger partial charge in [0.1, 0.15) is 0 Å². The maximum Gasteiger partial charge on any atom is 0.00221 e. The lowest BCUT2D eigenvalue weighted by molar-refractivity contribution is 0.252. The van der Waals surface area contributed by atoms with E-state index >= 15 is 0 Å². The van der Waals surface area contributed by atoms with E-state index in [-0.39, 0.29) is 0 Å². The predicted molar refractivity (Wildman–Crippen MR) is 86.9 cm³/mol. The summed E-state index contributed by atoms with van der Waals surface area (Å²) in [6.07, 6.45) is 4.93. The third-order valence-electron chi connectivity index (χ3n) is 4.50. The summed E-state index contributed by atoms with van der Waals surface area (Å²) in [5.74, 6) is 1.46. The zero-order valence-corrected chi connectivity index (χ0v) is 13.1. The van der Waals surface area contributed by atoms with E-state index in [1.54, 1.807) is 11.1 Å². The molecule has 0 amide bonds. The third-order valence-corrected chi connectivity index (χ3v) is 4.50. The van der Waals surface area contributed by atoms with Gasteiger partial charge in [0.05, 0.1) is 0 Å². The lowest BCUT2D eigenvalue weighted by atomic mass is 9.94. The topological polar surface area (TPSA) is 29.3 Å². The molecule has 1 atom stereocenters. The van der Waals surface area contributed by atoms with Crippen molar-refractivity contribution in [3.63, 3.8) is 0 Å². The minimum Gasteiger partial charge on any atom is -0.330 e. The Morgan fingerprint density at radius 2 is 1.70 bits per heavy atom. The van der Waals surface area contributed by atoms with Crippen LogP contribution in [-0.4, -0.2) is 31.1 Å². The van der Waals surface area contributed by atoms with E-state index in [4.69, 9.17) is 5.73 Å². The monoisotopic (exact) mass is 274 g/mol. The highest BCUT2D eigenvalue weighted by Crippen LogP contribution is 2.18. The molecule has 0 fully saturated rings. The van der Waals surface area contributed by atoms with Gasteiger partial charge in [-0.3, -0.25) is 0 Å². The van der Waals surface area contributed by atoms with Gasteiger partial charge in [-0.1, -0.05) is 38.1 Å². The minimum absolute atomic E-state index is 0.695. The molecule has 112 valence electrons. The fourth-order valence-electron chi connectivity index (χ4n) is 3.30. The van der Waals surface area contributed by atoms with Crippen LogP contribution in [0.25, 0.3) is 0 Å². The van der Waals surface area contributed by atoms with E-state index in [9.17, 15) is 0 Å². The largest absolute Gasteiger partial charge is 0.330 e. The number of nitrogens with zero attached hydrogens (tertiary/aromatic N) is 1. The van der Waals surface area contributed by atoms with Crippen molar-refractivity contribution in [2.45, 2.75) is 39.5 Å². The van der Waals surface area contributed by atoms with Crippen LogP contribution in [0.3, 0.4) is 0 Å². The van der Waals surface area contributed by atoms with Crippen molar-refractivity contribution in [1.29, 1.82) is 0 Å². The number of nitrogens with two attached hydrogens (primary N) is 1. The Morgan fingerprint density at radius 1 is 1.10 bits per heavy atom. The summed E-state index contributed by atoms with van der Waals surface area (Å²) in [5.41, 5.74) is 9.02. The van der Waals surface area contributed by atoms with Gasteiger partial charge >= 0.3 is 0 Å². The molecule has 1 aliphatic heterocycles. The van der Waals surface area contributed by atoms with Crippen LogP contribution in [0.1, 0.15) is 37.8 Å². The molecule has 1 unspecified atom stereocenters. The van der Waals surface area contributed by atoms with Crippen molar-refractivity contribution in [1.82, 2.24) is 4.90 Å². The lowest BCUT2D eigenvalue weighted by Gasteiger charge is -2.23. The van der Waals surface area contributed by atoms with Gasteiger partial charge in [0, 0.05) is 13.1 Å². The smallest absolute Gasteiger partial charge is 0.00221 e. The lowest BCUT2D eigenvalue weighted by Crippen LogP contribution is -2.30. The first-order chi connectivity index (χ1) is 9.69. The van der Waals surface area contributed by atoms with Crippen molar-refractivity contribution in [3.05, 3.63) is 35.4 Å². The Hall–Kier alpha value is -0.860. The standard InChI is InChI=1S/C18H30N2/c1-15(2)13-16(14-19)7-10-20-11-8-17-5-3-4-6-18(17)9-12-20/h3-6,15-16H,7-14,19H2,1-2H3. The molecule has 1 heterocycles. The van der Waals surface area contributed by atoms with Crippen molar-refractivity contribution >= 4 is 0 Å². The molecule has 0 saturated heterocycles. The van der Waals surface area contributed by atoms with Crippen molar-refractivity contribution in [2.75, 3.05) is 26.2 Å². The number of rotatable bonds is 6. The molecule has 2 heteroatoms. The fourth-order valence-corrected chi connectivity index (χ4v) is 3.30. The molecular formula is C18H30N2. The van der Waals surface area contributed by atoms with E-state index in [0.717, 1.165) is 12.5 Å². The van der Waals surface area contributed by atoms with Gasteiger partial charge in [-0.15, -0.1) is 0 Å². The maximum atomic E-state index is 5.92. The zero-order valence-electron chi connectivity index (χ0n) is 13.1. The number of hydrogen-bond acceptors (Lipinski definition) is 2. The normalized spacial score (nSPS) is 17.8. The molecule has 20 heavy (non-hydrogen) atoms. The van der Waals surface area contributed by atoms with Crippen molar-refractivity contribution in [2.24, 2.45) is 17.6 Å². The molecule has 1 aliphatic rings. The Labute approximate surface area is 124 Å². The average Bonchev–Trinajstić information content (AvgIpc) is 2.65. The summed E-state index contributed by atoms with van der Waals surface area (Å²) in [6, 6.07) is 8.92. The van der Waals surface area contributed by atoms with Crippen LogP contribution in [0.15, 0.2) is 24.3 Å². The van der Waals surface area contributed by atoms with Crippen molar-refractivity contribution in [3.8, 4) is 0 Å². The molecule has 2 N–H and O–H groups in total. The van der Waals surface area contributed by atoms with Crippen LogP contribution in [-0.2, 0) is 12.8 Å². The summed E-state index contributed by atoms with van der Waals surface area (Å²) >= 11 is 0. The Balaban J connectivity index is 1.81. The van der Waals surface area contributed by atoms with Crippen LogP contribution in [0.4, 0.5) is 0 Å². The highest BCUT2D eigenvalue weighted by Gasteiger charge is 2.15. The summed E-state index contributed by atoms with van der Waals surface area (Å²) < 4.78 is 0. The number of hydrogen-bond donors (Lipinski definition) is 1. The highest BCUT2D eigenvalue weighted by molar-refractivity contribution is 5.28. The number of fused-ring (bicyclic) bond motifs is 1. The minimum atomic E-state index is 0.695. The molecule has 0 aromatic heterocycles. The molecule has 2 rings (SSSR count). The highest BCUT2D eigenvalue weighted by atomic mass is 15.1. The van der Waals surface area contributed by atoms with Crippen LogP contribution >= 0.6 is 0 Å². The second-order valence-corrected chi connectivity index (χ2v) is 6.63. The summed E-state index contributed by atoms with van der Waals surface area (Å²) in [6.45, 7) is 9.05. The first-order valence-corrected chi connectivity index (χ1v) is 8.18. The molecule has 0 aliphatic carbocycles. The van der Waals surface area contributed by atoms with Gasteiger partial charge < -0.3 is 10.6 Å². The quantitative estimate of drug-likeness (QED) is 0.863. The summed E-state index contributed by atoms with van der Waals surface area (Å²) in [7, 11) is 0.